The van der Waals surface area contributed by atoms with E-state index < -0.39 is 16.4 Å². The highest BCUT2D eigenvalue weighted by molar-refractivity contribution is 7.84. The Labute approximate surface area is 192 Å². The van der Waals surface area contributed by atoms with E-state index in [-0.39, 0.29) is 11.7 Å². The molecule has 0 spiro atoms. The number of pyridine rings is 1. The van der Waals surface area contributed by atoms with Gasteiger partial charge in [-0.3, -0.25) is 9.19 Å². The van der Waals surface area contributed by atoms with Crippen LogP contribution in [-0.2, 0) is 22.0 Å². The molecule has 0 radical (unpaired) electrons. The SMILES string of the molecule is CS(=O)c1ccc(-c2cc3c(cn2)O[C@](C)(C2CCN(C(=O)OC(C)(C)C)CC2)C3)cc1. The molecule has 1 saturated heterocycles. The molecule has 1 amide bonds. The standard InChI is InChI=1S/C25H32N2O4S/c1-24(2,3)31-23(28)27-12-10-19(11-13-27)25(4)15-18-14-21(26-16-22(18)30-25)17-6-8-20(9-7-17)32(5)29/h6-9,14,16,19H,10-13,15H2,1-5H3/t25-,32?/m0/s1. The highest BCUT2D eigenvalue weighted by Gasteiger charge is 2.44. The first-order valence-corrected chi connectivity index (χ1v) is 12.7. The average molecular weight is 457 g/mol. The van der Waals surface area contributed by atoms with Crippen LogP contribution in [-0.4, -0.2) is 50.7 Å². The number of aromatic nitrogens is 1. The lowest BCUT2D eigenvalue weighted by atomic mass is 9.79. The second-order valence-electron chi connectivity index (χ2n) is 9.99. The Balaban J connectivity index is 1.42. The molecule has 172 valence electrons. The molecule has 2 atom stereocenters. The minimum Gasteiger partial charge on any atom is -0.485 e. The van der Waals surface area contributed by atoms with Crippen LogP contribution < -0.4 is 4.74 Å². The highest BCUT2D eigenvalue weighted by atomic mass is 32.2. The van der Waals surface area contributed by atoms with Crippen molar-refractivity contribution in [3.8, 4) is 17.0 Å². The summed E-state index contributed by atoms with van der Waals surface area (Å²) in [6.45, 7) is 9.22. The van der Waals surface area contributed by atoms with Gasteiger partial charge in [-0.25, -0.2) is 4.79 Å². The number of piperidine rings is 1. The summed E-state index contributed by atoms with van der Waals surface area (Å²) in [5, 5.41) is 0. The molecule has 2 aromatic rings. The van der Waals surface area contributed by atoms with Crippen molar-refractivity contribution in [2.75, 3.05) is 19.3 Å². The monoisotopic (exact) mass is 456 g/mol. The van der Waals surface area contributed by atoms with Crippen molar-refractivity contribution >= 4 is 16.9 Å². The van der Waals surface area contributed by atoms with Crippen molar-refractivity contribution in [2.45, 2.75) is 63.1 Å². The van der Waals surface area contributed by atoms with E-state index in [4.69, 9.17) is 9.47 Å². The second kappa shape index (κ2) is 8.50. The molecule has 3 heterocycles. The first-order chi connectivity index (χ1) is 15.0. The average Bonchev–Trinajstić information content (AvgIpc) is 3.09. The summed E-state index contributed by atoms with van der Waals surface area (Å²) in [6.07, 6.45) is 5.87. The first-order valence-electron chi connectivity index (χ1n) is 11.1. The minimum atomic E-state index is -0.990. The fourth-order valence-corrected chi connectivity index (χ4v) is 5.10. The van der Waals surface area contributed by atoms with Gasteiger partial charge in [0.25, 0.3) is 0 Å². The van der Waals surface area contributed by atoms with Gasteiger partial charge in [-0.05, 0) is 58.7 Å². The molecule has 1 fully saturated rings. The molecule has 1 aromatic carbocycles. The molecule has 0 aliphatic carbocycles. The summed E-state index contributed by atoms with van der Waals surface area (Å²) in [6, 6.07) is 9.81. The van der Waals surface area contributed by atoms with Gasteiger partial charge >= 0.3 is 6.09 Å². The molecular formula is C25H32N2O4S. The normalized spacial score (nSPS) is 22.2. The topological polar surface area (TPSA) is 68.7 Å². The third kappa shape index (κ3) is 4.82. The van der Waals surface area contributed by atoms with E-state index in [0.29, 0.717) is 19.0 Å². The van der Waals surface area contributed by atoms with Crippen molar-refractivity contribution in [2.24, 2.45) is 5.92 Å². The molecule has 32 heavy (non-hydrogen) atoms. The number of carbonyl (C=O) groups excluding carboxylic acids is 1. The summed E-state index contributed by atoms with van der Waals surface area (Å²) >= 11 is 0. The molecule has 7 heteroatoms. The van der Waals surface area contributed by atoms with Crippen LogP contribution in [0.1, 0.15) is 46.1 Å². The molecule has 2 aliphatic rings. The molecule has 1 aromatic heterocycles. The van der Waals surface area contributed by atoms with Gasteiger partial charge in [0.15, 0.2) is 0 Å². The van der Waals surface area contributed by atoms with Crippen LogP contribution in [0.2, 0.25) is 0 Å². The van der Waals surface area contributed by atoms with Crippen LogP contribution in [0.15, 0.2) is 41.4 Å². The largest absolute Gasteiger partial charge is 0.485 e. The van der Waals surface area contributed by atoms with E-state index in [2.05, 4.69) is 18.0 Å². The number of rotatable bonds is 3. The van der Waals surface area contributed by atoms with Gasteiger partial charge in [0.2, 0.25) is 0 Å². The minimum absolute atomic E-state index is 0.233. The molecule has 2 aliphatic heterocycles. The lowest BCUT2D eigenvalue weighted by Gasteiger charge is -2.40. The molecule has 0 N–H and O–H groups in total. The first kappa shape index (κ1) is 22.8. The van der Waals surface area contributed by atoms with Gasteiger partial charge < -0.3 is 14.4 Å². The number of benzene rings is 1. The number of carbonyl (C=O) groups is 1. The molecule has 0 saturated carbocycles. The van der Waals surface area contributed by atoms with E-state index >= 15 is 0 Å². The number of likely N-dealkylation sites (tertiary alicyclic amines) is 1. The molecule has 0 bridgehead atoms. The van der Waals surface area contributed by atoms with Gasteiger partial charge in [-0.15, -0.1) is 0 Å². The number of amides is 1. The van der Waals surface area contributed by atoms with Gasteiger partial charge in [0.1, 0.15) is 17.0 Å². The van der Waals surface area contributed by atoms with Crippen molar-refractivity contribution < 1.29 is 18.5 Å². The summed E-state index contributed by atoms with van der Waals surface area (Å²) in [4.78, 5) is 19.6. The Morgan fingerprint density at radius 2 is 1.88 bits per heavy atom. The predicted octanol–water partition coefficient (Wildman–Crippen LogP) is 4.83. The maximum absolute atomic E-state index is 12.4. The van der Waals surface area contributed by atoms with Crippen LogP contribution in [0.25, 0.3) is 11.3 Å². The molecule has 4 rings (SSSR count). The zero-order valence-electron chi connectivity index (χ0n) is 19.5. The lowest BCUT2D eigenvalue weighted by molar-refractivity contribution is -0.00829. The number of hydrogen-bond donors (Lipinski definition) is 0. The Morgan fingerprint density at radius 1 is 1.22 bits per heavy atom. The van der Waals surface area contributed by atoms with E-state index in [9.17, 15) is 9.00 Å². The highest BCUT2D eigenvalue weighted by Crippen LogP contribution is 2.43. The third-order valence-electron chi connectivity index (χ3n) is 6.33. The maximum Gasteiger partial charge on any atom is 0.410 e. The van der Waals surface area contributed by atoms with E-state index in [1.807, 2.05) is 51.2 Å². The van der Waals surface area contributed by atoms with Crippen LogP contribution in [0.4, 0.5) is 4.79 Å². The van der Waals surface area contributed by atoms with Crippen LogP contribution in [0.3, 0.4) is 0 Å². The van der Waals surface area contributed by atoms with Crippen molar-refractivity contribution in [3.05, 3.63) is 42.1 Å². The fraction of sp³-hybridized carbons (Fsp3) is 0.520. The van der Waals surface area contributed by atoms with E-state index in [1.165, 1.54) is 0 Å². The second-order valence-corrected chi connectivity index (χ2v) is 11.4. The Hall–Kier alpha value is -2.41. The van der Waals surface area contributed by atoms with Gasteiger partial charge in [-0.1, -0.05) is 12.1 Å². The summed E-state index contributed by atoms with van der Waals surface area (Å²) in [5.74, 6) is 1.20. The van der Waals surface area contributed by atoms with Crippen molar-refractivity contribution in [1.82, 2.24) is 9.88 Å². The molecular weight excluding hydrogens is 424 g/mol. The predicted molar refractivity (Wildman–Crippen MR) is 125 cm³/mol. The zero-order chi connectivity index (χ0) is 23.1. The molecule has 6 nitrogen and oxygen atoms in total. The Kier molecular flexibility index (Phi) is 6.05. The van der Waals surface area contributed by atoms with E-state index in [1.54, 1.807) is 11.2 Å². The lowest BCUT2D eigenvalue weighted by Crippen LogP contribution is -2.48. The number of fused-ring (bicyclic) bond motifs is 1. The van der Waals surface area contributed by atoms with Gasteiger partial charge in [0.05, 0.1) is 11.9 Å². The quantitative estimate of drug-likeness (QED) is 0.662. The summed E-state index contributed by atoms with van der Waals surface area (Å²) < 4.78 is 23.6. The number of ether oxygens (including phenoxy) is 2. The van der Waals surface area contributed by atoms with Gasteiger partial charge in [-0.2, -0.15) is 0 Å². The summed E-state index contributed by atoms with van der Waals surface area (Å²) in [5.41, 5.74) is 2.28. The van der Waals surface area contributed by atoms with E-state index in [0.717, 1.165) is 46.7 Å². The fourth-order valence-electron chi connectivity index (χ4n) is 4.58. The Morgan fingerprint density at radius 3 is 2.47 bits per heavy atom. The summed E-state index contributed by atoms with van der Waals surface area (Å²) in [7, 11) is -0.990. The van der Waals surface area contributed by atoms with Crippen molar-refractivity contribution in [1.29, 1.82) is 0 Å². The van der Waals surface area contributed by atoms with Crippen LogP contribution in [0, 0.1) is 5.92 Å². The van der Waals surface area contributed by atoms with Crippen LogP contribution in [0.5, 0.6) is 5.75 Å². The van der Waals surface area contributed by atoms with Crippen molar-refractivity contribution in [3.63, 3.8) is 0 Å². The Bertz CT molecular complexity index is 1020. The smallest absolute Gasteiger partial charge is 0.410 e. The maximum atomic E-state index is 12.4. The number of hydrogen-bond acceptors (Lipinski definition) is 5. The third-order valence-corrected chi connectivity index (χ3v) is 7.26. The molecule has 1 unspecified atom stereocenters. The van der Waals surface area contributed by atoms with Crippen LogP contribution >= 0.6 is 0 Å². The number of nitrogens with zero attached hydrogens (tertiary/aromatic N) is 2. The van der Waals surface area contributed by atoms with Gasteiger partial charge in [0, 0.05) is 58.5 Å². The zero-order valence-corrected chi connectivity index (χ0v) is 20.3.